The maximum Gasteiger partial charge on any atom is 0.261 e. The van der Waals surface area contributed by atoms with Crippen LogP contribution in [-0.4, -0.2) is 22.8 Å². The third kappa shape index (κ3) is 1.53. The Bertz CT molecular complexity index is 673. The zero-order valence-electron chi connectivity index (χ0n) is 10.8. The average molecular weight is 263 g/mol. The number of rotatable bonds is 2. The van der Waals surface area contributed by atoms with Gasteiger partial charge in [0.15, 0.2) is 0 Å². The lowest BCUT2D eigenvalue weighted by Crippen LogP contribution is -2.32. The molecule has 1 fully saturated rings. The van der Waals surface area contributed by atoms with Crippen LogP contribution in [0.3, 0.4) is 0 Å². The fourth-order valence-electron chi connectivity index (χ4n) is 3.03. The lowest BCUT2D eigenvalue weighted by atomic mass is 10.1. The summed E-state index contributed by atoms with van der Waals surface area (Å²) in [5, 5.41) is 0. The Labute approximate surface area is 116 Å². The number of carbonyl (C=O) groups excluding carboxylic acids is 2. The Morgan fingerprint density at radius 1 is 0.800 bits per heavy atom. The normalized spacial score (nSPS) is 23.9. The molecule has 0 N–H and O–H groups in total. The van der Waals surface area contributed by atoms with Gasteiger partial charge in [0, 0.05) is 12.0 Å². The van der Waals surface area contributed by atoms with Crippen LogP contribution in [0, 0.1) is 0 Å². The molecule has 2 aliphatic rings. The average Bonchev–Trinajstić information content (AvgIpc) is 3.24. The largest absolute Gasteiger partial charge is 0.271 e. The first kappa shape index (κ1) is 11.4. The molecule has 0 aromatic heterocycles. The number of carbonyl (C=O) groups is 2. The molecule has 1 heterocycles. The van der Waals surface area contributed by atoms with Crippen LogP contribution < -0.4 is 0 Å². The molecule has 2 aromatic carbocycles. The van der Waals surface area contributed by atoms with E-state index in [0.29, 0.717) is 17.0 Å². The van der Waals surface area contributed by atoms with E-state index in [0.717, 1.165) is 6.42 Å². The molecule has 2 atom stereocenters. The van der Waals surface area contributed by atoms with Gasteiger partial charge < -0.3 is 0 Å². The second-order valence-corrected chi connectivity index (χ2v) is 5.35. The van der Waals surface area contributed by atoms with Crippen LogP contribution in [0.1, 0.15) is 38.6 Å². The van der Waals surface area contributed by atoms with Gasteiger partial charge in [-0.2, -0.15) is 0 Å². The predicted octanol–water partition coefficient (Wildman–Crippen LogP) is 2.84. The quantitative estimate of drug-likeness (QED) is 0.781. The number of imide groups is 1. The molecule has 3 nitrogen and oxygen atoms in total. The second-order valence-electron chi connectivity index (χ2n) is 5.35. The molecule has 20 heavy (non-hydrogen) atoms. The van der Waals surface area contributed by atoms with Crippen molar-refractivity contribution in [2.75, 3.05) is 0 Å². The van der Waals surface area contributed by atoms with E-state index in [4.69, 9.17) is 0 Å². The van der Waals surface area contributed by atoms with E-state index >= 15 is 0 Å². The van der Waals surface area contributed by atoms with E-state index in [1.54, 1.807) is 24.3 Å². The monoisotopic (exact) mass is 263 g/mol. The van der Waals surface area contributed by atoms with Crippen LogP contribution >= 0.6 is 0 Å². The number of fused-ring (bicyclic) bond motifs is 1. The molecule has 4 rings (SSSR count). The second kappa shape index (κ2) is 4.04. The summed E-state index contributed by atoms with van der Waals surface area (Å²) >= 11 is 0. The molecule has 0 saturated heterocycles. The maximum atomic E-state index is 12.4. The summed E-state index contributed by atoms with van der Waals surface area (Å²) in [4.78, 5) is 26.2. The van der Waals surface area contributed by atoms with Crippen molar-refractivity contribution in [3.63, 3.8) is 0 Å². The topological polar surface area (TPSA) is 37.4 Å². The molecular weight excluding hydrogens is 250 g/mol. The summed E-state index contributed by atoms with van der Waals surface area (Å²) in [6.45, 7) is 0. The molecule has 2 aromatic rings. The third-order valence-corrected chi connectivity index (χ3v) is 4.14. The molecule has 2 unspecified atom stereocenters. The minimum Gasteiger partial charge on any atom is -0.271 e. The van der Waals surface area contributed by atoms with Gasteiger partial charge in [0.1, 0.15) is 0 Å². The van der Waals surface area contributed by atoms with Gasteiger partial charge in [0.05, 0.1) is 11.1 Å². The summed E-state index contributed by atoms with van der Waals surface area (Å²) < 4.78 is 0. The number of amides is 2. The summed E-state index contributed by atoms with van der Waals surface area (Å²) in [6.07, 6.45) is 0.871. The minimum absolute atomic E-state index is 0.0183. The Balaban J connectivity index is 1.64. The molecule has 1 saturated carbocycles. The van der Waals surface area contributed by atoms with Crippen molar-refractivity contribution in [2.24, 2.45) is 0 Å². The first-order valence-electron chi connectivity index (χ1n) is 6.79. The molecule has 0 spiro atoms. The van der Waals surface area contributed by atoms with Crippen molar-refractivity contribution in [3.05, 3.63) is 71.3 Å². The van der Waals surface area contributed by atoms with Crippen LogP contribution in [0.25, 0.3) is 0 Å². The fraction of sp³-hybridized carbons (Fsp3) is 0.176. The van der Waals surface area contributed by atoms with E-state index < -0.39 is 0 Å². The smallest absolute Gasteiger partial charge is 0.261 e. The van der Waals surface area contributed by atoms with E-state index in [1.165, 1.54) is 10.5 Å². The third-order valence-electron chi connectivity index (χ3n) is 4.14. The van der Waals surface area contributed by atoms with E-state index in [2.05, 4.69) is 12.1 Å². The van der Waals surface area contributed by atoms with E-state index in [9.17, 15) is 9.59 Å². The van der Waals surface area contributed by atoms with Crippen LogP contribution in [0.4, 0.5) is 0 Å². The van der Waals surface area contributed by atoms with Crippen LogP contribution in [0.15, 0.2) is 54.6 Å². The minimum atomic E-state index is -0.144. The molecule has 0 bridgehead atoms. The van der Waals surface area contributed by atoms with Crippen molar-refractivity contribution in [1.82, 2.24) is 4.90 Å². The van der Waals surface area contributed by atoms with Gasteiger partial charge in [-0.05, 0) is 24.1 Å². The zero-order chi connectivity index (χ0) is 13.7. The maximum absolute atomic E-state index is 12.4. The number of hydrogen-bond acceptors (Lipinski definition) is 2. The Kier molecular flexibility index (Phi) is 2.30. The lowest BCUT2D eigenvalue weighted by Gasteiger charge is -2.13. The Hall–Kier alpha value is -2.42. The molecule has 1 aliphatic carbocycles. The number of hydrogen-bond donors (Lipinski definition) is 0. The number of benzene rings is 2. The zero-order valence-corrected chi connectivity index (χ0v) is 10.8. The molecule has 3 heteroatoms. The highest BCUT2D eigenvalue weighted by Gasteiger charge is 2.51. The van der Waals surface area contributed by atoms with Crippen molar-refractivity contribution < 1.29 is 9.59 Å². The molecule has 98 valence electrons. The highest BCUT2D eigenvalue weighted by Crippen LogP contribution is 2.47. The van der Waals surface area contributed by atoms with Crippen molar-refractivity contribution in [3.8, 4) is 0 Å². The molecule has 0 radical (unpaired) electrons. The highest BCUT2D eigenvalue weighted by atomic mass is 16.2. The molecular formula is C17H13NO2. The van der Waals surface area contributed by atoms with Gasteiger partial charge in [0.25, 0.3) is 11.8 Å². The summed E-state index contributed by atoms with van der Waals surface area (Å²) in [6, 6.07) is 17.2. The Morgan fingerprint density at radius 3 is 1.95 bits per heavy atom. The molecule has 1 aliphatic heterocycles. The van der Waals surface area contributed by atoms with Crippen LogP contribution in [0.5, 0.6) is 0 Å². The van der Waals surface area contributed by atoms with Gasteiger partial charge >= 0.3 is 0 Å². The number of nitrogens with zero attached hydrogens (tertiary/aromatic N) is 1. The van der Waals surface area contributed by atoms with Gasteiger partial charge in [-0.3, -0.25) is 14.5 Å². The Morgan fingerprint density at radius 2 is 1.35 bits per heavy atom. The van der Waals surface area contributed by atoms with Gasteiger partial charge in [-0.15, -0.1) is 0 Å². The predicted molar refractivity (Wildman–Crippen MR) is 74.5 cm³/mol. The van der Waals surface area contributed by atoms with E-state index in [-0.39, 0.29) is 17.9 Å². The van der Waals surface area contributed by atoms with E-state index in [1.807, 2.05) is 18.2 Å². The SMILES string of the molecule is O=C1c2ccccc2C(=O)N1C1CC1c1ccccc1. The summed E-state index contributed by atoms with van der Waals surface area (Å²) in [5.74, 6) is 0.00137. The van der Waals surface area contributed by atoms with Crippen molar-refractivity contribution >= 4 is 11.8 Å². The van der Waals surface area contributed by atoms with Gasteiger partial charge in [0.2, 0.25) is 0 Å². The fourth-order valence-corrected chi connectivity index (χ4v) is 3.03. The first-order valence-corrected chi connectivity index (χ1v) is 6.79. The summed E-state index contributed by atoms with van der Waals surface area (Å²) in [5.41, 5.74) is 2.28. The summed E-state index contributed by atoms with van der Waals surface area (Å²) in [7, 11) is 0. The highest BCUT2D eigenvalue weighted by molar-refractivity contribution is 6.21. The van der Waals surface area contributed by atoms with Gasteiger partial charge in [-0.25, -0.2) is 0 Å². The van der Waals surface area contributed by atoms with Crippen LogP contribution in [-0.2, 0) is 0 Å². The lowest BCUT2D eigenvalue weighted by molar-refractivity contribution is 0.0639. The molecule has 2 amide bonds. The first-order chi connectivity index (χ1) is 9.77. The van der Waals surface area contributed by atoms with Gasteiger partial charge in [-0.1, -0.05) is 42.5 Å². The van der Waals surface area contributed by atoms with Crippen LogP contribution in [0.2, 0.25) is 0 Å². The van der Waals surface area contributed by atoms with Crippen molar-refractivity contribution in [1.29, 1.82) is 0 Å². The standard InChI is InChI=1S/C17H13NO2/c19-16-12-8-4-5-9-13(12)17(20)18(16)15-10-14(15)11-6-2-1-3-7-11/h1-9,14-15H,10H2. The van der Waals surface area contributed by atoms with Crippen molar-refractivity contribution in [2.45, 2.75) is 18.4 Å².